The minimum Gasteiger partial charge on any atom is -0.493 e. The first-order valence-corrected chi connectivity index (χ1v) is 14.8. The second-order valence-electron chi connectivity index (χ2n) is 11.7. The van der Waals surface area contributed by atoms with Crippen LogP contribution in [0.25, 0.3) is 0 Å². The molecule has 0 unspecified atom stereocenters. The van der Waals surface area contributed by atoms with Crippen molar-refractivity contribution in [3.05, 3.63) is 88.0 Å². The molecule has 2 aliphatic rings. The third-order valence-corrected chi connectivity index (χ3v) is 8.18. The Balaban J connectivity index is 1.40. The quantitative estimate of drug-likeness (QED) is 0.448. The zero-order chi connectivity index (χ0) is 28.9. The molecule has 2 aliphatic heterocycles. The molecule has 3 N–H and O–H groups in total. The molecule has 0 atom stereocenters. The van der Waals surface area contributed by atoms with Crippen molar-refractivity contribution in [1.29, 1.82) is 0 Å². The number of benzene rings is 3. The van der Waals surface area contributed by atoms with Crippen molar-refractivity contribution < 1.29 is 22.7 Å². The molecule has 3 aromatic carbocycles. The van der Waals surface area contributed by atoms with Gasteiger partial charge >= 0.3 is 0 Å². The van der Waals surface area contributed by atoms with Crippen LogP contribution in [0.15, 0.2) is 64.5 Å². The van der Waals surface area contributed by atoms with E-state index < -0.39 is 10.0 Å². The molecule has 0 aromatic heterocycles. The summed E-state index contributed by atoms with van der Waals surface area (Å²) in [7, 11) is -2.07. The van der Waals surface area contributed by atoms with Crippen LogP contribution in [0.5, 0.6) is 11.5 Å². The van der Waals surface area contributed by atoms with E-state index in [0.717, 1.165) is 57.9 Å². The molecule has 210 valence electrons. The van der Waals surface area contributed by atoms with Gasteiger partial charge in [0.05, 0.1) is 23.3 Å². The van der Waals surface area contributed by atoms with Gasteiger partial charge in [-0.1, -0.05) is 24.3 Å². The van der Waals surface area contributed by atoms with Crippen LogP contribution in [-0.4, -0.2) is 44.8 Å². The van der Waals surface area contributed by atoms with Crippen LogP contribution in [-0.2, 0) is 29.3 Å². The molecule has 0 saturated heterocycles. The molecule has 0 spiro atoms. The number of primary sulfonamides is 1. The van der Waals surface area contributed by atoms with Crippen molar-refractivity contribution in [2.45, 2.75) is 63.0 Å². The van der Waals surface area contributed by atoms with E-state index in [2.05, 4.69) is 39.1 Å². The average Bonchev–Trinajstić information content (AvgIpc) is 3.21. The number of nitrogens with one attached hydrogen (secondary N) is 1. The zero-order valence-electron chi connectivity index (χ0n) is 23.5. The average molecular weight is 562 g/mol. The molecule has 0 aliphatic carbocycles. The number of hydrogen-bond donors (Lipinski definition) is 2. The number of ether oxygens (including phenoxy) is 2. The minimum absolute atomic E-state index is 0.0618. The first-order valence-electron chi connectivity index (χ1n) is 13.3. The third-order valence-electron chi connectivity index (χ3n) is 7.25. The standard InChI is InChI=1S/C31H35N3O5S/c1-30(2)17-22-16-25(38-5)28-24(18-31(3,4)39-28)26(22)27(34-30)20-7-6-8-21(15-20)29(35)33-14-13-19-9-11-23(12-10-19)40(32,36)37/h6-12,15-16H,13-14,17-18H2,1-5H3,(H,33,35)(H2,32,36,37). The monoisotopic (exact) mass is 561 g/mol. The number of nitrogens with two attached hydrogens (primary N) is 1. The molecule has 0 saturated carbocycles. The highest BCUT2D eigenvalue weighted by atomic mass is 32.2. The summed E-state index contributed by atoms with van der Waals surface area (Å²) in [6, 6.07) is 16.0. The molecule has 0 bridgehead atoms. The van der Waals surface area contributed by atoms with Gasteiger partial charge in [-0.2, -0.15) is 0 Å². The van der Waals surface area contributed by atoms with Crippen molar-refractivity contribution in [1.82, 2.24) is 5.32 Å². The van der Waals surface area contributed by atoms with Crippen molar-refractivity contribution in [2.75, 3.05) is 13.7 Å². The lowest BCUT2D eigenvalue weighted by Crippen LogP contribution is -2.31. The Morgan fingerprint density at radius 1 is 1.07 bits per heavy atom. The lowest BCUT2D eigenvalue weighted by molar-refractivity contribution is 0.0954. The van der Waals surface area contributed by atoms with Gasteiger partial charge in [-0.05, 0) is 82.0 Å². The Morgan fingerprint density at radius 3 is 2.48 bits per heavy atom. The lowest BCUT2D eigenvalue weighted by atomic mass is 9.80. The lowest BCUT2D eigenvalue weighted by Gasteiger charge is -2.31. The van der Waals surface area contributed by atoms with Crippen LogP contribution in [0.4, 0.5) is 0 Å². The molecule has 2 heterocycles. The van der Waals surface area contributed by atoms with Crippen molar-refractivity contribution in [3.63, 3.8) is 0 Å². The number of amides is 1. The Labute approximate surface area is 235 Å². The third kappa shape index (κ3) is 5.62. The zero-order valence-corrected chi connectivity index (χ0v) is 24.3. The minimum atomic E-state index is -3.73. The van der Waals surface area contributed by atoms with E-state index in [9.17, 15) is 13.2 Å². The summed E-state index contributed by atoms with van der Waals surface area (Å²) in [4.78, 5) is 18.3. The Morgan fingerprint density at radius 2 is 1.80 bits per heavy atom. The van der Waals surface area contributed by atoms with Gasteiger partial charge in [0.25, 0.3) is 5.91 Å². The fourth-order valence-corrected chi connectivity index (χ4v) is 6.02. The highest BCUT2D eigenvalue weighted by Crippen LogP contribution is 2.47. The second-order valence-corrected chi connectivity index (χ2v) is 13.2. The van der Waals surface area contributed by atoms with Gasteiger partial charge < -0.3 is 14.8 Å². The number of carbonyl (C=O) groups is 1. The summed E-state index contributed by atoms with van der Waals surface area (Å²) in [6.45, 7) is 8.77. The van der Waals surface area contributed by atoms with Crippen LogP contribution < -0.4 is 19.9 Å². The molecule has 1 amide bonds. The van der Waals surface area contributed by atoms with Gasteiger partial charge in [0.2, 0.25) is 10.0 Å². The van der Waals surface area contributed by atoms with Crippen molar-refractivity contribution in [3.8, 4) is 11.5 Å². The van der Waals surface area contributed by atoms with Crippen LogP contribution in [0, 0.1) is 0 Å². The van der Waals surface area contributed by atoms with Crippen LogP contribution in [0.1, 0.15) is 65.9 Å². The van der Waals surface area contributed by atoms with Gasteiger partial charge in [0.15, 0.2) is 11.5 Å². The fraction of sp³-hybridized carbons (Fsp3) is 0.355. The molecule has 9 heteroatoms. The Hall–Kier alpha value is -3.69. The Bertz CT molecular complexity index is 1620. The molecule has 0 fully saturated rings. The summed E-state index contributed by atoms with van der Waals surface area (Å²) in [6.07, 6.45) is 2.06. The van der Waals surface area contributed by atoms with Gasteiger partial charge in [-0.25, -0.2) is 13.6 Å². The molecule has 8 nitrogen and oxygen atoms in total. The first kappa shape index (κ1) is 27.9. The van der Waals surface area contributed by atoms with Gasteiger partial charge in [0.1, 0.15) is 5.60 Å². The van der Waals surface area contributed by atoms with E-state index in [0.29, 0.717) is 18.5 Å². The number of sulfonamides is 1. The number of rotatable bonds is 7. The van der Waals surface area contributed by atoms with E-state index in [1.54, 1.807) is 25.3 Å². The summed E-state index contributed by atoms with van der Waals surface area (Å²) in [5, 5.41) is 8.13. The maximum atomic E-state index is 13.1. The Kier molecular flexibility index (Phi) is 7.00. The second kappa shape index (κ2) is 10.1. The largest absolute Gasteiger partial charge is 0.493 e. The highest BCUT2D eigenvalue weighted by Gasteiger charge is 2.39. The van der Waals surface area contributed by atoms with E-state index in [4.69, 9.17) is 19.6 Å². The summed E-state index contributed by atoms with van der Waals surface area (Å²) in [5.74, 6) is 1.32. The first-order chi connectivity index (χ1) is 18.8. The predicted molar refractivity (Wildman–Crippen MR) is 155 cm³/mol. The number of nitrogens with zero attached hydrogens (tertiary/aromatic N) is 1. The summed E-state index contributed by atoms with van der Waals surface area (Å²) >= 11 is 0. The normalized spacial score (nSPS) is 16.8. The number of aliphatic imine (C=N–C) groups is 1. The van der Waals surface area contributed by atoms with Gasteiger partial charge in [-0.3, -0.25) is 9.79 Å². The fourth-order valence-electron chi connectivity index (χ4n) is 5.51. The van der Waals surface area contributed by atoms with E-state index in [1.807, 2.05) is 18.2 Å². The molecule has 3 aromatic rings. The summed E-state index contributed by atoms with van der Waals surface area (Å²) in [5.41, 5.74) is 5.81. The predicted octanol–water partition coefficient (Wildman–Crippen LogP) is 4.20. The smallest absolute Gasteiger partial charge is 0.251 e. The molecule has 5 rings (SSSR count). The highest BCUT2D eigenvalue weighted by molar-refractivity contribution is 7.89. The van der Waals surface area contributed by atoms with Gasteiger partial charge in [0, 0.05) is 35.2 Å². The topological polar surface area (TPSA) is 120 Å². The summed E-state index contributed by atoms with van der Waals surface area (Å²) < 4.78 is 34.9. The van der Waals surface area contributed by atoms with E-state index in [-0.39, 0.29) is 21.9 Å². The SMILES string of the molecule is COc1cc2c(c3c1OC(C)(C)C3)C(c1cccc(C(=O)NCCc3ccc(S(N)(=O)=O)cc3)c1)=NC(C)(C)C2. The van der Waals surface area contributed by atoms with Gasteiger partial charge in [-0.15, -0.1) is 0 Å². The number of fused-ring (bicyclic) bond motifs is 3. The van der Waals surface area contributed by atoms with Crippen molar-refractivity contribution >= 4 is 21.6 Å². The molecular formula is C31H35N3O5S. The number of hydrogen-bond acceptors (Lipinski definition) is 6. The number of carbonyl (C=O) groups excluding carboxylic acids is 1. The van der Waals surface area contributed by atoms with E-state index in [1.165, 1.54) is 12.1 Å². The molecule has 0 radical (unpaired) electrons. The maximum Gasteiger partial charge on any atom is 0.251 e. The molecule has 40 heavy (non-hydrogen) atoms. The molecular weight excluding hydrogens is 526 g/mol. The van der Waals surface area contributed by atoms with Crippen LogP contribution in [0.3, 0.4) is 0 Å². The van der Waals surface area contributed by atoms with Crippen LogP contribution in [0.2, 0.25) is 0 Å². The maximum absolute atomic E-state index is 13.1. The van der Waals surface area contributed by atoms with E-state index >= 15 is 0 Å². The number of methoxy groups -OCH3 is 1. The van der Waals surface area contributed by atoms with Crippen LogP contribution >= 0.6 is 0 Å². The van der Waals surface area contributed by atoms with Crippen molar-refractivity contribution in [2.24, 2.45) is 10.1 Å².